The molecule has 0 amide bonds. The maximum atomic E-state index is 4.08. The van der Waals surface area contributed by atoms with Gasteiger partial charge in [0.2, 0.25) is 0 Å². The van der Waals surface area contributed by atoms with Crippen molar-refractivity contribution in [2.24, 2.45) is 0 Å². The van der Waals surface area contributed by atoms with Crippen LogP contribution in [0.5, 0.6) is 0 Å². The zero-order valence-electron chi connectivity index (χ0n) is 4.52. The van der Waals surface area contributed by atoms with Crippen molar-refractivity contribution in [3.8, 4) is 0 Å². The largest absolute Gasteiger partial charge is 0.257 e. The van der Waals surface area contributed by atoms with Crippen molar-refractivity contribution >= 4 is 8.19 Å². The molecule has 1 unspecified atom stereocenters. The van der Waals surface area contributed by atoms with Crippen LogP contribution >= 0.6 is 8.19 Å². The Morgan fingerprint density at radius 2 is 2.29 bits per heavy atom. The summed E-state index contributed by atoms with van der Waals surface area (Å²) in [5, 5.41) is 1.43. The van der Waals surface area contributed by atoms with Crippen LogP contribution in [0.15, 0.2) is 5.93 Å². The van der Waals surface area contributed by atoms with Gasteiger partial charge in [0.15, 0.2) is 0 Å². The molecule has 0 aliphatic heterocycles. The van der Waals surface area contributed by atoms with Gasteiger partial charge in [-0.2, -0.15) is 0 Å². The highest BCUT2D eigenvalue weighted by Crippen LogP contribution is 2.13. The van der Waals surface area contributed by atoms with E-state index in [0.29, 0.717) is 0 Å². The summed E-state index contributed by atoms with van der Waals surface area (Å²) < 4.78 is 0. The lowest BCUT2D eigenvalue weighted by atomic mass is 10.4. The van der Waals surface area contributed by atoms with E-state index in [2.05, 4.69) is 11.9 Å². The average molecular weight is 113 g/mol. The van der Waals surface area contributed by atoms with Crippen molar-refractivity contribution in [3.05, 3.63) is 16.9 Å². The monoisotopic (exact) mass is 113 g/mol. The van der Waals surface area contributed by atoms with Gasteiger partial charge in [-0.1, -0.05) is 0 Å². The summed E-state index contributed by atoms with van der Waals surface area (Å²) in [5.74, 6) is 1.98. The van der Waals surface area contributed by atoms with Gasteiger partial charge in [0.1, 0.15) is 0 Å². The SMILES string of the molecule is Cc1nc[pH]c1C. The molecule has 1 rings (SSSR count). The van der Waals surface area contributed by atoms with E-state index in [-0.39, 0.29) is 0 Å². The van der Waals surface area contributed by atoms with Crippen LogP contribution in [0.1, 0.15) is 11.0 Å². The molecule has 0 aliphatic carbocycles. The standard InChI is InChI=1S/C5H8NP/c1-4-5(2)7-3-6-4/h3,7H,1-2H3. The molecule has 0 aromatic carbocycles. The zero-order valence-corrected chi connectivity index (χ0v) is 5.52. The minimum atomic E-state index is 0.851. The highest BCUT2D eigenvalue weighted by Gasteiger charge is 1.87. The zero-order chi connectivity index (χ0) is 5.28. The Balaban J connectivity index is 3.12. The third kappa shape index (κ3) is 0.834. The smallest absolute Gasteiger partial charge is 0.0443 e. The highest BCUT2D eigenvalue weighted by atomic mass is 31.0. The Bertz CT molecular complexity index is 140. The van der Waals surface area contributed by atoms with E-state index in [9.17, 15) is 0 Å². The van der Waals surface area contributed by atoms with Crippen molar-refractivity contribution in [1.29, 1.82) is 0 Å². The topological polar surface area (TPSA) is 12.9 Å². The molecule has 1 atom stereocenters. The molecule has 2 heteroatoms. The first-order valence-corrected chi connectivity index (χ1v) is 3.35. The summed E-state index contributed by atoms with van der Waals surface area (Å²) in [7, 11) is 0.851. The highest BCUT2D eigenvalue weighted by molar-refractivity contribution is 7.30. The lowest BCUT2D eigenvalue weighted by Crippen LogP contribution is -1.68. The number of aryl methyl sites for hydroxylation is 2. The molecule has 7 heavy (non-hydrogen) atoms. The molecule has 38 valence electrons. The van der Waals surface area contributed by atoms with Gasteiger partial charge in [-0.25, -0.2) is 0 Å². The fourth-order valence-electron chi connectivity index (χ4n) is 0.427. The molecule has 1 heterocycles. The Morgan fingerprint density at radius 1 is 1.57 bits per heavy atom. The van der Waals surface area contributed by atoms with Crippen molar-refractivity contribution in [2.75, 3.05) is 0 Å². The Labute approximate surface area is 44.9 Å². The summed E-state index contributed by atoms with van der Waals surface area (Å²) >= 11 is 0. The molecule has 0 saturated carbocycles. The quantitative estimate of drug-likeness (QED) is 0.499. The molecular weight excluding hydrogens is 105 g/mol. The molecule has 1 nitrogen and oxygen atoms in total. The average Bonchev–Trinajstić information content (AvgIpc) is 1.91. The summed E-state index contributed by atoms with van der Waals surface area (Å²) in [6, 6.07) is 0. The number of aromatic nitrogens is 1. The van der Waals surface area contributed by atoms with Crippen LogP contribution in [-0.4, -0.2) is 4.98 Å². The van der Waals surface area contributed by atoms with E-state index in [4.69, 9.17) is 0 Å². The second-order valence-corrected chi connectivity index (χ2v) is 2.91. The van der Waals surface area contributed by atoms with Crippen LogP contribution in [-0.2, 0) is 0 Å². The van der Waals surface area contributed by atoms with Gasteiger partial charge in [-0.3, -0.25) is 4.98 Å². The maximum Gasteiger partial charge on any atom is 0.0443 e. The number of hydrogen-bond donors (Lipinski definition) is 0. The minimum Gasteiger partial charge on any atom is -0.257 e. The molecule has 0 bridgehead atoms. The van der Waals surface area contributed by atoms with Gasteiger partial charge in [0.05, 0.1) is 0 Å². The summed E-state index contributed by atoms with van der Waals surface area (Å²) in [6.07, 6.45) is 0. The Morgan fingerprint density at radius 3 is 2.43 bits per heavy atom. The number of hydrogen-bond acceptors (Lipinski definition) is 1. The summed E-state index contributed by atoms with van der Waals surface area (Å²) in [4.78, 5) is 4.08. The maximum absolute atomic E-state index is 4.08. The van der Waals surface area contributed by atoms with Gasteiger partial charge in [0.25, 0.3) is 0 Å². The molecular formula is C5H8NP. The van der Waals surface area contributed by atoms with Crippen molar-refractivity contribution < 1.29 is 0 Å². The third-order valence-electron chi connectivity index (χ3n) is 1.08. The van der Waals surface area contributed by atoms with Crippen molar-refractivity contribution in [1.82, 2.24) is 4.98 Å². The predicted octanol–water partition coefficient (Wildman–Crippen LogP) is 1.73. The van der Waals surface area contributed by atoms with Crippen LogP contribution in [0.4, 0.5) is 0 Å². The van der Waals surface area contributed by atoms with E-state index >= 15 is 0 Å². The normalized spacial score (nSPS) is 10.6. The fraction of sp³-hybridized carbons (Fsp3) is 0.400. The third-order valence-corrected chi connectivity index (χ3v) is 2.13. The molecule has 0 aliphatic rings. The Hall–Kier alpha value is -0.290. The van der Waals surface area contributed by atoms with Crippen molar-refractivity contribution in [3.63, 3.8) is 0 Å². The lowest BCUT2D eigenvalue weighted by Gasteiger charge is -1.79. The fourth-order valence-corrected chi connectivity index (χ4v) is 1.15. The van der Waals surface area contributed by atoms with Gasteiger partial charge >= 0.3 is 0 Å². The first kappa shape index (κ1) is 4.86. The van der Waals surface area contributed by atoms with E-state index in [1.807, 2.05) is 12.9 Å². The molecule has 1 aromatic rings. The second kappa shape index (κ2) is 1.67. The van der Waals surface area contributed by atoms with Gasteiger partial charge in [-0.05, 0) is 19.1 Å². The van der Waals surface area contributed by atoms with Crippen LogP contribution < -0.4 is 0 Å². The van der Waals surface area contributed by atoms with E-state index in [0.717, 1.165) is 8.19 Å². The van der Waals surface area contributed by atoms with Crippen molar-refractivity contribution in [2.45, 2.75) is 13.8 Å². The van der Waals surface area contributed by atoms with Gasteiger partial charge in [-0.15, -0.1) is 8.19 Å². The van der Waals surface area contributed by atoms with E-state index in [1.165, 1.54) is 11.0 Å². The molecule has 0 N–H and O–H groups in total. The van der Waals surface area contributed by atoms with Gasteiger partial charge < -0.3 is 0 Å². The number of rotatable bonds is 0. The van der Waals surface area contributed by atoms with Crippen LogP contribution in [0.3, 0.4) is 0 Å². The van der Waals surface area contributed by atoms with E-state index < -0.39 is 0 Å². The predicted molar refractivity (Wildman–Crippen MR) is 33.2 cm³/mol. The molecule has 0 radical (unpaired) electrons. The van der Waals surface area contributed by atoms with E-state index in [1.54, 1.807) is 0 Å². The van der Waals surface area contributed by atoms with Crippen LogP contribution in [0, 0.1) is 13.8 Å². The molecule has 0 saturated heterocycles. The minimum absolute atomic E-state index is 0.851. The first-order chi connectivity index (χ1) is 3.30. The molecule has 0 fully saturated rings. The van der Waals surface area contributed by atoms with Crippen LogP contribution in [0.25, 0.3) is 0 Å². The van der Waals surface area contributed by atoms with Gasteiger partial charge in [0, 0.05) is 11.6 Å². The summed E-state index contributed by atoms with van der Waals surface area (Å²) in [6.45, 7) is 4.17. The molecule has 1 aromatic heterocycles. The number of nitrogens with zero attached hydrogens (tertiary/aromatic N) is 1. The lowest BCUT2D eigenvalue weighted by molar-refractivity contribution is 1.23. The summed E-state index contributed by atoms with van der Waals surface area (Å²) in [5.41, 5.74) is 1.21. The second-order valence-electron chi connectivity index (χ2n) is 1.61. The molecule has 0 spiro atoms. The van der Waals surface area contributed by atoms with Crippen LogP contribution in [0.2, 0.25) is 0 Å². The first-order valence-electron chi connectivity index (χ1n) is 2.27. The Kier molecular flexibility index (Phi) is 1.16.